The lowest BCUT2D eigenvalue weighted by atomic mass is 10.2. The van der Waals surface area contributed by atoms with Crippen LogP contribution in [0.25, 0.3) is 10.9 Å². The predicted octanol–water partition coefficient (Wildman–Crippen LogP) is 3.31. The molecule has 0 spiro atoms. The summed E-state index contributed by atoms with van der Waals surface area (Å²) in [6, 6.07) is 8.43. The second-order valence-corrected chi connectivity index (χ2v) is 7.97. The molecule has 1 aromatic heterocycles. The number of sulfonamides is 1. The van der Waals surface area contributed by atoms with Gasteiger partial charge in [0.05, 0.1) is 10.4 Å². The second kappa shape index (κ2) is 5.23. The molecule has 1 aliphatic carbocycles. The van der Waals surface area contributed by atoms with E-state index in [1.807, 2.05) is 6.92 Å². The molecule has 1 atom stereocenters. The van der Waals surface area contributed by atoms with Crippen LogP contribution in [0.3, 0.4) is 0 Å². The highest BCUT2D eigenvalue weighted by molar-refractivity contribution is 7.89. The summed E-state index contributed by atoms with van der Waals surface area (Å²) in [6.07, 6.45) is 2.22. The Hall–Kier alpha value is -1.17. The quantitative estimate of drug-likeness (QED) is 0.811. The number of hydrogen-bond donors (Lipinski definition) is 0. The SMILES string of the molecule is CC(C1CC1)N(C)S(=O)(=O)c1ccc2nc(Cl)ccc2c1. The lowest BCUT2D eigenvalue weighted by Gasteiger charge is -2.24. The summed E-state index contributed by atoms with van der Waals surface area (Å²) in [5, 5.41) is 1.17. The molecule has 0 bridgehead atoms. The van der Waals surface area contributed by atoms with E-state index in [4.69, 9.17) is 11.6 Å². The molecule has 1 heterocycles. The van der Waals surface area contributed by atoms with E-state index in [9.17, 15) is 8.42 Å². The van der Waals surface area contributed by atoms with Crippen LogP contribution >= 0.6 is 11.6 Å². The Balaban J connectivity index is 2.00. The van der Waals surface area contributed by atoms with Crippen molar-refractivity contribution in [3.8, 4) is 0 Å². The van der Waals surface area contributed by atoms with E-state index in [-0.39, 0.29) is 6.04 Å². The Morgan fingerprint density at radius 1 is 1.29 bits per heavy atom. The van der Waals surface area contributed by atoms with Crippen LogP contribution in [-0.4, -0.2) is 30.8 Å². The molecular formula is C15H17ClN2O2S. The fourth-order valence-electron chi connectivity index (χ4n) is 2.50. The smallest absolute Gasteiger partial charge is 0.236 e. The molecule has 0 aliphatic heterocycles. The molecule has 1 aliphatic rings. The minimum atomic E-state index is -3.47. The van der Waals surface area contributed by atoms with Crippen LogP contribution in [0.2, 0.25) is 5.15 Å². The van der Waals surface area contributed by atoms with Crippen LogP contribution in [0.5, 0.6) is 0 Å². The first-order valence-electron chi connectivity index (χ1n) is 6.94. The van der Waals surface area contributed by atoms with Crippen molar-refractivity contribution < 1.29 is 8.42 Å². The molecule has 3 rings (SSSR count). The highest BCUT2D eigenvalue weighted by atomic mass is 35.5. The lowest BCUT2D eigenvalue weighted by Crippen LogP contribution is -2.36. The van der Waals surface area contributed by atoms with E-state index in [1.165, 1.54) is 4.31 Å². The summed E-state index contributed by atoms with van der Waals surface area (Å²) in [5.74, 6) is 0.491. The Morgan fingerprint density at radius 2 is 2.00 bits per heavy atom. The molecule has 6 heteroatoms. The van der Waals surface area contributed by atoms with Gasteiger partial charge in [0.1, 0.15) is 5.15 Å². The average molecular weight is 325 g/mol. The first-order valence-corrected chi connectivity index (χ1v) is 8.76. The molecule has 0 N–H and O–H groups in total. The molecule has 1 saturated carbocycles. The van der Waals surface area contributed by atoms with Crippen LogP contribution in [0.15, 0.2) is 35.2 Å². The Bertz CT molecular complexity index is 787. The van der Waals surface area contributed by atoms with Crippen LogP contribution in [-0.2, 0) is 10.0 Å². The topological polar surface area (TPSA) is 50.3 Å². The number of pyridine rings is 1. The Kier molecular flexibility index (Phi) is 3.67. The van der Waals surface area contributed by atoms with Crippen LogP contribution < -0.4 is 0 Å². The van der Waals surface area contributed by atoms with Crippen molar-refractivity contribution in [2.75, 3.05) is 7.05 Å². The van der Waals surface area contributed by atoms with Gasteiger partial charge in [0.2, 0.25) is 10.0 Å². The van der Waals surface area contributed by atoms with E-state index in [1.54, 1.807) is 37.4 Å². The van der Waals surface area contributed by atoms with Gasteiger partial charge in [-0.05, 0) is 56.0 Å². The Morgan fingerprint density at radius 3 is 2.67 bits per heavy atom. The van der Waals surface area contributed by atoms with Gasteiger partial charge >= 0.3 is 0 Å². The molecule has 4 nitrogen and oxygen atoms in total. The summed E-state index contributed by atoms with van der Waals surface area (Å²) in [7, 11) is -1.82. The number of fused-ring (bicyclic) bond motifs is 1. The summed E-state index contributed by atoms with van der Waals surface area (Å²) in [5.41, 5.74) is 0.694. The molecule has 112 valence electrons. The van der Waals surface area contributed by atoms with Crippen molar-refractivity contribution in [3.05, 3.63) is 35.5 Å². The third kappa shape index (κ3) is 2.78. The monoisotopic (exact) mass is 324 g/mol. The summed E-state index contributed by atoms with van der Waals surface area (Å²) >= 11 is 5.84. The van der Waals surface area contributed by atoms with Crippen molar-refractivity contribution in [2.24, 2.45) is 5.92 Å². The Labute approximate surface area is 129 Å². The maximum absolute atomic E-state index is 12.7. The van der Waals surface area contributed by atoms with Crippen LogP contribution in [0.4, 0.5) is 0 Å². The third-order valence-electron chi connectivity index (χ3n) is 4.18. The normalized spacial score (nSPS) is 17.3. The maximum Gasteiger partial charge on any atom is 0.243 e. The summed E-state index contributed by atoms with van der Waals surface area (Å²) in [4.78, 5) is 4.47. The number of aromatic nitrogens is 1. The number of hydrogen-bond acceptors (Lipinski definition) is 3. The third-order valence-corrected chi connectivity index (χ3v) is 6.33. The largest absolute Gasteiger partial charge is 0.243 e. The molecule has 2 aromatic rings. The lowest BCUT2D eigenvalue weighted by molar-refractivity contribution is 0.357. The predicted molar refractivity (Wildman–Crippen MR) is 83.9 cm³/mol. The van der Waals surface area contributed by atoms with Gasteiger partial charge in [-0.1, -0.05) is 11.6 Å². The van der Waals surface area contributed by atoms with Gasteiger partial charge in [-0.25, -0.2) is 13.4 Å². The van der Waals surface area contributed by atoms with Gasteiger partial charge in [0.15, 0.2) is 0 Å². The fourth-order valence-corrected chi connectivity index (χ4v) is 4.11. The maximum atomic E-state index is 12.7. The van der Waals surface area contributed by atoms with Gasteiger partial charge in [-0.3, -0.25) is 0 Å². The molecule has 0 radical (unpaired) electrons. The number of halogens is 1. The second-order valence-electron chi connectivity index (χ2n) is 5.59. The zero-order chi connectivity index (χ0) is 15.2. The van der Waals surface area contributed by atoms with Gasteiger partial charge in [-0.15, -0.1) is 0 Å². The van der Waals surface area contributed by atoms with Gasteiger partial charge in [-0.2, -0.15) is 4.31 Å². The van der Waals surface area contributed by atoms with Crippen molar-refractivity contribution >= 4 is 32.5 Å². The standard InChI is InChI=1S/C15H17ClN2O2S/c1-10(11-3-4-11)18(2)21(19,20)13-6-7-14-12(9-13)5-8-15(16)17-14/h5-11H,3-4H2,1-2H3. The van der Waals surface area contributed by atoms with E-state index >= 15 is 0 Å². The molecule has 21 heavy (non-hydrogen) atoms. The fraction of sp³-hybridized carbons (Fsp3) is 0.400. The molecular weight excluding hydrogens is 308 g/mol. The van der Waals surface area contributed by atoms with Crippen molar-refractivity contribution in [3.63, 3.8) is 0 Å². The molecule has 0 saturated heterocycles. The molecule has 1 aromatic carbocycles. The van der Waals surface area contributed by atoms with Crippen molar-refractivity contribution in [1.82, 2.24) is 9.29 Å². The summed E-state index contributed by atoms with van der Waals surface area (Å²) in [6.45, 7) is 1.97. The number of nitrogens with zero attached hydrogens (tertiary/aromatic N) is 2. The highest BCUT2D eigenvalue weighted by Crippen LogP contribution is 2.36. The number of benzene rings is 1. The molecule has 0 amide bonds. The van der Waals surface area contributed by atoms with Gasteiger partial charge in [0, 0.05) is 18.5 Å². The minimum Gasteiger partial charge on any atom is -0.236 e. The molecule has 1 fully saturated rings. The van der Waals surface area contributed by atoms with Crippen molar-refractivity contribution in [2.45, 2.75) is 30.7 Å². The van der Waals surface area contributed by atoms with Crippen molar-refractivity contribution in [1.29, 1.82) is 0 Å². The first kappa shape index (κ1) is 14.8. The van der Waals surface area contributed by atoms with E-state index in [0.717, 1.165) is 18.2 Å². The van der Waals surface area contributed by atoms with Crippen LogP contribution in [0.1, 0.15) is 19.8 Å². The average Bonchev–Trinajstić information content (AvgIpc) is 3.29. The van der Waals surface area contributed by atoms with E-state index in [2.05, 4.69) is 4.98 Å². The number of rotatable bonds is 4. The van der Waals surface area contributed by atoms with Gasteiger partial charge < -0.3 is 0 Å². The van der Waals surface area contributed by atoms with E-state index < -0.39 is 10.0 Å². The zero-order valence-corrected chi connectivity index (χ0v) is 13.5. The molecule has 1 unspecified atom stereocenters. The highest BCUT2D eigenvalue weighted by Gasteiger charge is 2.36. The van der Waals surface area contributed by atoms with E-state index in [0.29, 0.717) is 21.5 Å². The zero-order valence-electron chi connectivity index (χ0n) is 12.0. The van der Waals surface area contributed by atoms with Crippen LogP contribution in [0, 0.1) is 5.92 Å². The first-order chi connectivity index (χ1) is 9.89. The minimum absolute atomic E-state index is 0.0361. The summed E-state index contributed by atoms with van der Waals surface area (Å²) < 4.78 is 26.9. The van der Waals surface area contributed by atoms with Gasteiger partial charge in [0.25, 0.3) is 0 Å².